The van der Waals surface area contributed by atoms with Crippen LogP contribution in [0.2, 0.25) is 0 Å². The zero-order valence-electron chi connectivity index (χ0n) is 9.81. The van der Waals surface area contributed by atoms with Crippen molar-refractivity contribution in [1.82, 2.24) is 9.97 Å². The van der Waals surface area contributed by atoms with E-state index in [9.17, 15) is 4.39 Å². The highest BCUT2D eigenvalue weighted by Gasteiger charge is 2.06. The molecule has 1 N–H and O–H groups in total. The molecule has 18 heavy (non-hydrogen) atoms. The summed E-state index contributed by atoms with van der Waals surface area (Å²) in [5, 5.41) is 11.9. The standard InChI is InChI=1S/C13H11FN4/c1-9-12(14)2-10(4-15)3-13(9)18-7-11-5-16-8-17-6-11/h2-3,5-6,8,18H,7H2,1H3. The summed E-state index contributed by atoms with van der Waals surface area (Å²) in [7, 11) is 0. The molecule has 0 saturated heterocycles. The van der Waals surface area contributed by atoms with Crippen LogP contribution < -0.4 is 5.32 Å². The number of benzene rings is 1. The van der Waals surface area contributed by atoms with Crippen molar-refractivity contribution in [2.75, 3.05) is 5.32 Å². The molecule has 0 aliphatic carbocycles. The van der Waals surface area contributed by atoms with E-state index in [1.165, 1.54) is 12.4 Å². The predicted molar refractivity (Wildman–Crippen MR) is 65.2 cm³/mol. The fourth-order valence-electron chi connectivity index (χ4n) is 1.55. The molecule has 0 aliphatic heterocycles. The second kappa shape index (κ2) is 5.23. The van der Waals surface area contributed by atoms with Crippen LogP contribution in [-0.4, -0.2) is 9.97 Å². The van der Waals surface area contributed by atoms with Gasteiger partial charge in [-0.3, -0.25) is 0 Å². The number of hydrogen-bond donors (Lipinski definition) is 1. The molecular formula is C13H11FN4. The van der Waals surface area contributed by atoms with Crippen molar-refractivity contribution in [1.29, 1.82) is 5.26 Å². The maximum absolute atomic E-state index is 13.5. The minimum atomic E-state index is -0.388. The van der Waals surface area contributed by atoms with Crippen molar-refractivity contribution >= 4 is 5.69 Å². The van der Waals surface area contributed by atoms with E-state index in [1.54, 1.807) is 25.4 Å². The van der Waals surface area contributed by atoms with Gasteiger partial charge >= 0.3 is 0 Å². The maximum Gasteiger partial charge on any atom is 0.129 e. The van der Waals surface area contributed by atoms with Crippen molar-refractivity contribution in [2.45, 2.75) is 13.5 Å². The van der Waals surface area contributed by atoms with Crippen LogP contribution in [0, 0.1) is 24.1 Å². The Balaban J connectivity index is 2.19. The highest BCUT2D eigenvalue weighted by Crippen LogP contribution is 2.20. The first-order chi connectivity index (χ1) is 8.70. The second-order valence-electron chi connectivity index (χ2n) is 3.84. The lowest BCUT2D eigenvalue weighted by Crippen LogP contribution is -2.03. The van der Waals surface area contributed by atoms with Crippen LogP contribution >= 0.6 is 0 Å². The van der Waals surface area contributed by atoms with Crippen LogP contribution in [0.3, 0.4) is 0 Å². The predicted octanol–water partition coefficient (Wildman–Crippen LogP) is 2.41. The molecule has 0 bridgehead atoms. The number of hydrogen-bond acceptors (Lipinski definition) is 4. The third-order valence-corrected chi connectivity index (χ3v) is 2.57. The quantitative estimate of drug-likeness (QED) is 0.897. The van der Waals surface area contributed by atoms with E-state index in [4.69, 9.17) is 5.26 Å². The van der Waals surface area contributed by atoms with Crippen LogP contribution in [0.4, 0.5) is 10.1 Å². The molecule has 0 amide bonds. The molecule has 2 rings (SSSR count). The van der Waals surface area contributed by atoms with Crippen molar-refractivity contribution in [3.63, 3.8) is 0 Å². The van der Waals surface area contributed by atoms with Crippen molar-refractivity contribution in [3.8, 4) is 6.07 Å². The highest BCUT2D eigenvalue weighted by atomic mass is 19.1. The first-order valence-electron chi connectivity index (χ1n) is 5.38. The van der Waals surface area contributed by atoms with Gasteiger partial charge in [0.25, 0.3) is 0 Å². The summed E-state index contributed by atoms with van der Waals surface area (Å²) in [4.78, 5) is 7.79. The highest BCUT2D eigenvalue weighted by molar-refractivity contribution is 5.55. The van der Waals surface area contributed by atoms with Gasteiger partial charge in [-0.1, -0.05) is 0 Å². The van der Waals surface area contributed by atoms with Crippen molar-refractivity contribution in [2.24, 2.45) is 0 Å². The minimum absolute atomic E-state index is 0.296. The topological polar surface area (TPSA) is 61.6 Å². The second-order valence-corrected chi connectivity index (χ2v) is 3.84. The Labute approximate surface area is 104 Å². The monoisotopic (exact) mass is 242 g/mol. The van der Waals surface area contributed by atoms with E-state index in [-0.39, 0.29) is 5.82 Å². The van der Waals surface area contributed by atoms with Crippen LogP contribution in [-0.2, 0) is 6.54 Å². The molecule has 5 heteroatoms. The molecule has 1 aromatic carbocycles. The minimum Gasteiger partial charge on any atom is -0.381 e. The number of aromatic nitrogens is 2. The van der Waals surface area contributed by atoms with E-state index < -0.39 is 0 Å². The van der Waals surface area contributed by atoms with E-state index in [0.717, 1.165) is 5.56 Å². The molecule has 0 unspecified atom stereocenters. The number of anilines is 1. The number of nitriles is 1. The molecule has 2 aromatic rings. The lowest BCUT2D eigenvalue weighted by molar-refractivity contribution is 0.618. The Morgan fingerprint density at radius 2 is 2.06 bits per heavy atom. The normalized spacial score (nSPS) is 9.83. The van der Waals surface area contributed by atoms with Crippen LogP contribution in [0.25, 0.3) is 0 Å². The largest absolute Gasteiger partial charge is 0.381 e. The Morgan fingerprint density at radius 3 is 2.72 bits per heavy atom. The van der Waals surface area contributed by atoms with Gasteiger partial charge in [0.2, 0.25) is 0 Å². The molecule has 4 nitrogen and oxygen atoms in total. The number of rotatable bonds is 3. The molecule has 0 radical (unpaired) electrons. The fraction of sp³-hybridized carbons (Fsp3) is 0.154. The van der Waals surface area contributed by atoms with Gasteiger partial charge in [0.1, 0.15) is 12.1 Å². The number of nitrogens with one attached hydrogen (secondary N) is 1. The van der Waals surface area contributed by atoms with Gasteiger partial charge in [0.05, 0.1) is 11.6 Å². The Kier molecular flexibility index (Phi) is 3.49. The van der Waals surface area contributed by atoms with Gasteiger partial charge in [0, 0.05) is 35.8 Å². The summed E-state index contributed by atoms with van der Waals surface area (Å²) in [5.41, 5.74) is 2.28. The van der Waals surface area contributed by atoms with Crippen LogP contribution in [0.5, 0.6) is 0 Å². The zero-order chi connectivity index (χ0) is 13.0. The Hall–Kier alpha value is -2.48. The van der Waals surface area contributed by atoms with Gasteiger partial charge in [-0.25, -0.2) is 14.4 Å². The summed E-state index contributed by atoms with van der Waals surface area (Å²) in [6, 6.07) is 4.78. The summed E-state index contributed by atoms with van der Waals surface area (Å²) in [6.45, 7) is 2.15. The maximum atomic E-state index is 13.5. The van der Waals surface area contributed by atoms with Gasteiger partial charge in [-0.05, 0) is 19.1 Å². The van der Waals surface area contributed by atoms with Gasteiger partial charge in [0.15, 0.2) is 0 Å². The summed E-state index contributed by atoms with van der Waals surface area (Å²) >= 11 is 0. The van der Waals surface area contributed by atoms with Crippen LogP contribution in [0.1, 0.15) is 16.7 Å². The first kappa shape index (κ1) is 12.0. The Morgan fingerprint density at radius 1 is 1.33 bits per heavy atom. The third kappa shape index (κ3) is 2.61. The number of halogens is 1. The van der Waals surface area contributed by atoms with Gasteiger partial charge in [-0.15, -0.1) is 0 Å². The summed E-state index contributed by atoms with van der Waals surface area (Å²) in [5.74, 6) is -0.388. The zero-order valence-corrected chi connectivity index (χ0v) is 9.81. The summed E-state index contributed by atoms with van der Waals surface area (Å²) in [6.07, 6.45) is 4.81. The molecule has 0 aliphatic rings. The molecule has 0 saturated carbocycles. The van der Waals surface area contributed by atoms with Crippen molar-refractivity contribution < 1.29 is 4.39 Å². The number of nitrogens with zero attached hydrogens (tertiary/aromatic N) is 3. The lowest BCUT2D eigenvalue weighted by atomic mass is 10.1. The smallest absolute Gasteiger partial charge is 0.129 e. The summed E-state index contributed by atoms with van der Waals surface area (Å²) < 4.78 is 13.5. The Bertz CT molecular complexity index is 590. The van der Waals surface area contributed by atoms with E-state index in [2.05, 4.69) is 15.3 Å². The molecule has 0 fully saturated rings. The van der Waals surface area contributed by atoms with Gasteiger partial charge < -0.3 is 5.32 Å². The average Bonchev–Trinajstić information content (AvgIpc) is 2.41. The lowest BCUT2D eigenvalue weighted by Gasteiger charge is -2.10. The molecule has 0 spiro atoms. The first-order valence-corrected chi connectivity index (χ1v) is 5.38. The molecular weight excluding hydrogens is 231 g/mol. The SMILES string of the molecule is Cc1c(F)cc(C#N)cc1NCc1cncnc1. The van der Waals surface area contributed by atoms with E-state index in [1.807, 2.05) is 6.07 Å². The van der Waals surface area contributed by atoms with E-state index >= 15 is 0 Å². The average molecular weight is 242 g/mol. The van der Waals surface area contributed by atoms with Gasteiger partial charge in [-0.2, -0.15) is 5.26 Å². The van der Waals surface area contributed by atoms with E-state index in [0.29, 0.717) is 23.4 Å². The van der Waals surface area contributed by atoms with Crippen LogP contribution in [0.15, 0.2) is 30.9 Å². The molecule has 1 heterocycles. The molecule has 1 aromatic heterocycles. The third-order valence-electron chi connectivity index (χ3n) is 2.57. The van der Waals surface area contributed by atoms with Crippen molar-refractivity contribution in [3.05, 3.63) is 53.4 Å². The fourth-order valence-corrected chi connectivity index (χ4v) is 1.55. The molecule has 0 atom stereocenters. The molecule has 90 valence electrons.